The minimum absolute atomic E-state index is 0.706. The molecule has 0 unspecified atom stereocenters. The molecule has 0 amide bonds. The van der Waals surface area contributed by atoms with Crippen molar-refractivity contribution in [2.75, 3.05) is 0 Å². The Morgan fingerprint density at radius 2 is 0.944 bits per heavy atom. The van der Waals surface area contributed by atoms with E-state index < -0.39 is 0 Å². The largest absolute Gasteiger partial charge is 0.309 e. The van der Waals surface area contributed by atoms with Gasteiger partial charge in [-0.1, -0.05) is 152 Å². The van der Waals surface area contributed by atoms with E-state index in [9.17, 15) is 0 Å². The summed E-state index contributed by atoms with van der Waals surface area (Å²) in [5.41, 5.74) is 11.8. The van der Waals surface area contributed by atoms with E-state index in [1.807, 2.05) is 24.3 Å². The molecule has 0 N–H and O–H groups in total. The number of hydrogen-bond donors (Lipinski definition) is 0. The molecule has 0 aliphatic carbocycles. The van der Waals surface area contributed by atoms with E-state index in [1.54, 1.807) is 0 Å². The summed E-state index contributed by atoms with van der Waals surface area (Å²) in [5.74, 6) is 0.706. The van der Waals surface area contributed by atoms with E-state index in [0.29, 0.717) is 5.82 Å². The number of aromatic nitrogens is 4. The minimum atomic E-state index is 0.706. The summed E-state index contributed by atoms with van der Waals surface area (Å²) in [7, 11) is 0. The van der Waals surface area contributed by atoms with Crippen LogP contribution in [0.25, 0.3) is 99.7 Å². The summed E-state index contributed by atoms with van der Waals surface area (Å²) in [4.78, 5) is 10.2. The van der Waals surface area contributed by atoms with Crippen molar-refractivity contribution < 1.29 is 0 Å². The van der Waals surface area contributed by atoms with Crippen molar-refractivity contribution in [2.45, 2.75) is 0 Å². The van der Waals surface area contributed by atoms with Crippen molar-refractivity contribution in [2.24, 2.45) is 0 Å². The molecule has 11 rings (SSSR count). The van der Waals surface area contributed by atoms with Crippen LogP contribution in [0, 0.1) is 0 Å². The van der Waals surface area contributed by atoms with Gasteiger partial charge in [0.1, 0.15) is 0 Å². The summed E-state index contributed by atoms with van der Waals surface area (Å²) >= 11 is 0. The van der Waals surface area contributed by atoms with E-state index in [0.717, 1.165) is 39.3 Å². The number of hydrogen-bond acceptors (Lipinski definition) is 2. The topological polar surface area (TPSA) is 35.6 Å². The molecule has 0 atom stereocenters. The quantitative estimate of drug-likeness (QED) is 0.180. The zero-order valence-corrected chi connectivity index (χ0v) is 29.3. The van der Waals surface area contributed by atoms with Gasteiger partial charge in [0.05, 0.1) is 39.1 Å². The summed E-state index contributed by atoms with van der Waals surface area (Å²) in [5, 5.41) is 7.36. The van der Waals surface area contributed by atoms with Crippen molar-refractivity contribution in [3.63, 3.8) is 0 Å². The maximum absolute atomic E-state index is 5.18. The van der Waals surface area contributed by atoms with Crippen molar-refractivity contribution in [3.05, 3.63) is 194 Å². The third-order valence-corrected chi connectivity index (χ3v) is 10.7. The molecular weight excluding hydrogens is 657 g/mol. The Labute approximate surface area is 311 Å². The zero-order chi connectivity index (χ0) is 35.6. The average Bonchev–Trinajstić information content (AvgIpc) is 3.77. The van der Waals surface area contributed by atoms with E-state index in [2.05, 4.69) is 179 Å². The van der Waals surface area contributed by atoms with Gasteiger partial charge >= 0.3 is 0 Å². The van der Waals surface area contributed by atoms with Crippen LogP contribution in [0.1, 0.15) is 0 Å². The molecule has 11 aromatic rings. The molecule has 0 spiro atoms. The number of nitrogens with zero attached hydrogens (tertiary/aromatic N) is 4. The molecule has 252 valence electrons. The lowest BCUT2D eigenvalue weighted by Gasteiger charge is -2.13. The zero-order valence-electron chi connectivity index (χ0n) is 29.3. The molecule has 4 heteroatoms. The Balaban J connectivity index is 1.19. The van der Waals surface area contributed by atoms with Gasteiger partial charge in [-0.2, -0.15) is 0 Å². The third kappa shape index (κ3) is 4.70. The number of fused-ring (bicyclic) bond motifs is 8. The first-order valence-electron chi connectivity index (χ1n) is 18.3. The molecule has 0 bridgehead atoms. The monoisotopic (exact) mass is 688 g/mol. The van der Waals surface area contributed by atoms with Crippen LogP contribution < -0.4 is 0 Å². The van der Waals surface area contributed by atoms with Gasteiger partial charge in [0.15, 0.2) is 5.82 Å². The maximum atomic E-state index is 5.18. The summed E-state index contributed by atoms with van der Waals surface area (Å²) in [6.07, 6.45) is 0. The Morgan fingerprint density at radius 3 is 1.74 bits per heavy atom. The van der Waals surface area contributed by atoms with Gasteiger partial charge in [-0.3, -0.25) is 0 Å². The summed E-state index contributed by atoms with van der Waals surface area (Å²) in [6.45, 7) is 0. The van der Waals surface area contributed by atoms with Crippen LogP contribution in [0.15, 0.2) is 194 Å². The molecule has 3 aromatic heterocycles. The second kappa shape index (κ2) is 12.1. The van der Waals surface area contributed by atoms with Crippen LogP contribution in [0.3, 0.4) is 0 Å². The fourth-order valence-corrected chi connectivity index (χ4v) is 8.31. The molecule has 0 saturated heterocycles. The van der Waals surface area contributed by atoms with Crippen molar-refractivity contribution in [1.29, 1.82) is 0 Å². The van der Waals surface area contributed by atoms with Gasteiger partial charge in [-0.05, 0) is 47.9 Å². The SMILES string of the molecule is c1ccc(-c2cc(-c3cccc(-n4c5ccccc5c5ccc6c(c7ccccc7n6-c6cccc7ccccc67)c54)c3)nc(-c3ccccc3)n2)cc1. The molecule has 0 radical (unpaired) electrons. The van der Waals surface area contributed by atoms with Crippen LogP contribution in [-0.4, -0.2) is 19.1 Å². The summed E-state index contributed by atoms with van der Waals surface area (Å²) in [6, 6.07) is 69.0. The highest BCUT2D eigenvalue weighted by atomic mass is 15.0. The van der Waals surface area contributed by atoms with E-state index in [1.165, 1.54) is 54.6 Å². The molecular formula is C50H32N4. The highest BCUT2D eigenvalue weighted by Crippen LogP contribution is 2.43. The Kier molecular flexibility index (Phi) is 6.82. The highest BCUT2D eigenvalue weighted by Gasteiger charge is 2.22. The molecule has 54 heavy (non-hydrogen) atoms. The normalized spacial score (nSPS) is 11.7. The molecule has 0 fully saturated rings. The van der Waals surface area contributed by atoms with Crippen molar-refractivity contribution in [1.82, 2.24) is 19.1 Å². The molecule has 3 heterocycles. The maximum Gasteiger partial charge on any atom is 0.160 e. The van der Waals surface area contributed by atoms with Crippen LogP contribution in [-0.2, 0) is 0 Å². The molecule has 4 nitrogen and oxygen atoms in total. The smallest absolute Gasteiger partial charge is 0.160 e. The van der Waals surface area contributed by atoms with Crippen LogP contribution >= 0.6 is 0 Å². The lowest BCUT2D eigenvalue weighted by Crippen LogP contribution is -1.98. The van der Waals surface area contributed by atoms with E-state index in [4.69, 9.17) is 9.97 Å². The predicted molar refractivity (Wildman–Crippen MR) is 225 cm³/mol. The van der Waals surface area contributed by atoms with E-state index in [-0.39, 0.29) is 0 Å². The fraction of sp³-hybridized carbons (Fsp3) is 0. The first kappa shape index (κ1) is 30.3. The molecule has 0 aliphatic heterocycles. The Morgan fingerprint density at radius 1 is 0.352 bits per heavy atom. The van der Waals surface area contributed by atoms with Gasteiger partial charge in [0.25, 0.3) is 0 Å². The number of rotatable bonds is 5. The van der Waals surface area contributed by atoms with E-state index >= 15 is 0 Å². The van der Waals surface area contributed by atoms with Gasteiger partial charge in [-0.15, -0.1) is 0 Å². The Hall–Kier alpha value is -7.30. The first-order valence-corrected chi connectivity index (χ1v) is 18.3. The third-order valence-electron chi connectivity index (χ3n) is 10.7. The lowest BCUT2D eigenvalue weighted by atomic mass is 10.1. The second-order valence-electron chi connectivity index (χ2n) is 13.8. The van der Waals surface area contributed by atoms with Gasteiger partial charge < -0.3 is 9.13 Å². The first-order chi connectivity index (χ1) is 26.8. The minimum Gasteiger partial charge on any atom is -0.309 e. The van der Waals surface area contributed by atoms with Gasteiger partial charge in [0, 0.05) is 49.3 Å². The lowest BCUT2D eigenvalue weighted by molar-refractivity contribution is 1.17. The second-order valence-corrected chi connectivity index (χ2v) is 13.8. The molecule has 0 aliphatic rings. The van der Waals surface area contributed by atoms with Crippen LogP contribution in [0.2, 0.25) is 0 Å². The molecule has 8 aromatic carbocycles. The van der Waals surface area contributed by atoms with Crippen LogP contribution in [0.4, 0.5) is 0 Å². The van der Waals surface area contributed by atoms with Crippen molar-refractivity contribution in [3.8, 4) is 45.3 Å². The summed E-state index contributed by atoms with van der Waals surface area (Å²) < 4.78 is 4.90. The Bertz CT molecular complexity index is 3150. The number of para-hydroxylation sites is 2. The highest BCUT2D eigenvalue weighted by molar-refractivity contribution is 6.26. The van der Waals surface area contributed by atoms with Crippen LogP contribution in [0.5, 0.6) is 0 Å². The van der Waals surface area contributed by atoms with Gasteiger partial charge in [-0.25, -0.2) is 9.97 Å². The number of benzene rings is 8. The average molecular weight is 689 g/mol. The standard InChI is InChI=1S/C50H32N4/c1-3-16-34(17-4-1)42-32-43(52-50(51-42)35-18-5-2-6-19-35)36-21-13-22-37(31-36)53-45-26-11-9-24-39(45)40-29-30-47-48(49(40)53)41-25-10-12-27-46(41)54(47)44-28-14-20-33-15-7-8-23-38(33)44/h1-32H. The van der Waals surface area contributed by atoms with Gasteiger partial charge in [0.2, 0.25) is 0 Å². The van der Waals surface area contributed by atoms with Crippen molar-refractivity contribution >= 4 is 54.4 Å². The predicted octanol–water partition coefficient (Wildman–Crippen LogP) is 12.8. The molecule has 0 saturated carbocycles. The fourth-order valence-electron chi connectivity index (χ4n) is 8.31.